The van der Waals surface area contributed by atoms with Crippen molar-refractivity contribution in [2.24, 2.45) is 0 Å². The van der Waals surface area contributed by atoms with Crippen LogP contribution in [-0.2, 0) is 16.4 Å². The molecule has 1 fully saturated rings. The topological polar surface area (TPSA) is 67.6 Å². The molecule has 0 radical (unpaired) electrons. The fraction of sp³-hybridized carbons (Fsp3) is 0.318. The molecule has 1 saturated heterocycles. The van der Waals surface area contributed by atoms with E-state index in [0.29, 0.717) is 27.6 Å². The van der Waals surface area contributed by atoms with Gasteiger partial charge in [0.2, 0.25) is 0 Å². The van der Waals surface area contributed by atoms with Gasteiger partial charge in [-0.25, -0.2) is 8.42 Å². The van der Waals surface area contributed by atoms with Crippen LogP contribution in [0.5, 0.6) is 0 Å². The number of carbonyl (C=O) groups is 1. The maximum Gasteiger partial charge on any atom is 0.290 e. The Kier molecular flexibility index (Phi) is 5.60. The molecule has 2 heterocycles. The van der Waals surface area contributed by atoms with Crippen molar-refractivity contribution in [1.82, 2.24) is 4.90 Å². The summed E-state index contributed by atoms with van der Waals surface area (Å²) in [6.07, 6.45) is 0.387. The number of hydrogen-bond donors (Lipinski definition) is 0. The number of halogens is 2. The highest BCUT2D eigenvalue weighted by atomic mass is 35.5. The number of benzene rings is 2. The van der Waals surface area contributed by atoms with Crippen molar-refractivity contribution in [2.75, 3.05) is 11.5 Å². The van der Waals surface area contributed by atoms with Crippen molar-refractivity contribution in [2.45, 2.75) is 32.9 Å². The van der Waals surface area contributed by atoms with E-state index in [2.05, 4.69) is 0 Å². The van der Waals surface area contributed by atoms with E-state index in [1.165, 1.54) is 0 Å². The molecule has 1 aliphatic heterocycles. The number of aryl methyl sites for hydroxylation is 2. The number of nitrogens with zero attached hydrogens (tertiary/aromatic N) is 1. The van der Waals surface area contributed by atoms with E-state index >= 15 is 0 Å². The van der Waals surface area contributed by atoms with Crippen LogP contribution in [0.3, 0.4) is 0 Å². The highest BCUT2D eigenvalue weighted by molar-refractivity contribution is 7.91. The smallest absolute Gasteiger partial charge is 0.290 e. The fourth-order valence-corrected chi connectivity index (χ4v) is 6.09. The van der Waals surface area contributed by atoms with Gasteiger partial charge in [-0.2, -0.15) is 0 Å². The molecular formula is C22H21Cl2NO4S. The lowest BCUT2D eigenvalue weighted by molar-refractivity contribution is 0.0649. The molecule has 3 aromatic rings. The summed E-state index contributed by atoms with van der Waals surface area (Å²) in [4.78, 5) is 15.1. The molecule has 0 saturated carbocycles. The summed E-state index contributed by atoms with van der Waals surface area (Å²) >= 11 is 12.3. The molecule has 8 heteroatoms. The minimum Gasteiger partial charge on any atom is -0.451 e. The Bertz CT molecular complexity index is 1250. The average molecular weight is 466 g/mol. The van der Waals surface area contributed by atoms with E-state index in [4.69, 9.17) is 27.6 Å². The number of fused-ring (bicyclic) bond motifs is 1. The van der Waals surface area contributed by atoms with Gasteiger partial charge in [0, 0.05) is 33.6 Å². The first kappa shape index (κ1) is 21.2. The summed E-state index contributed by atoms with van der Waals surface area (Å²) in [6.45, 7) is 3.97. The molecule has 1 atom stereocenters. The number of sulfone groups is 1. The van der Waals surface area contributed by atoms with Crippen LogP contribution in [0.1, 0.15) is 33.7 Å². The molecule has 0 spiro atoms. The maximum atomic E-state index is 13.6. The van der Waals surface area contributed by atoms with Crippen LogP contribution in [-0.4, -0.2) is 36.8 Å². The van der Waals surface area contributed by atoms with Gasteiger partial charge in [0.1, 0.15) is 5.58 Å². The standard InChI is InChI=1S/C22H21Cl2NO4S/c1-13-3-6-18-14(2)21(29-20(18)9-13)22(26)25(17-7-8-30(27,28)12-17)11-15-4-5-16(23)10-19(15)24/h3-6,9-10,17H,7-8,11-12H2,1-2H3. The number of rotatable bonds is 4. The van der Waals surface area contributed by atoms with Crippen molar-refractivity contribution in [3.8, 4) is 0 Å². The Labute approximate surface area is 185 Å². The largest absolute Gasteiger partial charge is 0.451 e. The lowest BCUT2D eigenvalue weighted by Crippen LogP contribution is -2.40. The van der Waals surface area contributed by atoms with Crippen molar-refractivity contribution < 1.29 is 17.6 Å². The predicted octanol–water partition coefficient (Wildman–Crippen LogP) is 5.19. The lowest BCUT2D eigenvalue weighted by atomic mass is 10.1. The van der Waals surface area contributed by atoms with E-state index in [1.807, 2.05) is 32.0 Å². The van der Waals surface area contributed by atoms with Crippen molar-refractivity contribution in [3.05, 3.63) is 68.9 Å². The molecule has 158 valence electrons. The minimum absolute atomic E-state index is 0.0636. The predicted molar refractivity (Wildman–Crippen MR) is 119 cm³/mol. The Hall–Kier alpha value is -2.02. The molecule has 5 nitrogen and oxygen atoms in total. The van der Waals surface area contributed by atoms with Crippen LogP contribution >= 0.6 is 23.2 Å². The third kappa shape index (κ3) is 4.09. The minimum atomic E-state index is -3.18. The normalized spacial score (nSPS) is 18.1. The molecule has 1 aliphatic rings. The summed E-state index contributed by atoms with van der Waals surface area (Å²) in [5.74, 6) is -0.115. The first-order chi connectivity index (χ1) is 14.1. The maximum absolute atomic E-state index is 13.6. The molecule has 1 unspecified atom stereocenters. The second-order valence-corrected chi connectivity index (χ2v) is 10.9. The molecular weight excluding hydrogens is 445 g/mol. The van der Waals surface area contributed by atoms with Crippen LogP contribution < -0.4 is 0 Å². The van der Waals surface area contributed by atoms with Gasteiger partial charge in [-0.1, -0.05) is 41.4 Å². The Morgan fingerprint density at radius 3 is 2.60 bits per heavy atom. The van der Waals surface area contributed by atoms with Crippen LogP contribution in [0.25, 0.3) is 11.0 Å². The molecule has 0 aliphatic carbocycles. The van der Waals surface area contributed by atoms with E-state index < -0.39 is 15.9 Å². The second-order valence-electron chi connectivity index (χ2n) is 7.78. The van der Waals surface area contributed by atoms with E-state index in [9.17, 15) is 13.2 Å². The zero-order chi connectivity index (χ0) is 21.6. The summed E-state index contributed by atoms with van der Waals surface area (Å²) in [7, 11) is -3.18. The summed E-state index contributed by atoms with van der Waals surface area (Å²) in [6, 6.07) is 10.4. The molecule has 0 bridgehead atoms. The van der Waals surface area contributed by atoms with E-state index in [0.717, 1.165) is 16.5 Å². The number of amides is 1. The van der Waals surface area contributed by atoms with Gasteiger partial charge >= 0.3 is 0 Å². The van der Waals surface area contributed by atoms with Gasteiger partial charge in [0.05, 0.1) is 11.5 Å². The SMILES string of the molecule is Cc1ccc2c(C)c(C(=O)N(Cc3ccc(Cl)cc3Cl)C3CCS(=O)(=O)C3)oc2c1. The van der Waals surface area contributed by atoms with Gasteiger partial charge < -0.3 is 9.32 Å². The molecule has 1 aromatic heterocycles. The molecule has 1 amide bonds. The monoisotopic (exact) mass is 465 g/mol. The third-order valence-corrected chi connectivity index (χ3v) is 7.89. The van der Waals surface area contributed by atoms with Crippen LogP contribution in [0.15, 0.2) is 40.8 Å². The van der Waals surface area contributed by atoms with Crippen molar-refractivity contribution in [3.63, 3.8) is 0 Å². The fourth-order valence-electron chi connectivity index (χ4n) is 3.89. The van der Waals surface area contributed by atoms with Crippen LogP contribution in [0.2, 0.25) is 10.0 Å². The molecule has 4 rings (SSSR count). The quantitative estimate of drug-likeness (QED) is 0.531. The van der Waals surface area contributed by atoms with Crippen LogP contribution in [0, 0.1) is 13.8 Å². The van der Waals surface area contributed by atoms with Gasteiger partial charge in [-0.05, 0) is 49.6 Å². The molecule has 2 aromatic carbocycles. The first-order valence-corrected chi connectivity index (χ1v) is 12.2. The zero-order valence-electron chi connectivity index (χ0n) is 16.6. The summed E-state index contributed by atoms with van der Waals surface area (Å²) in [5, 5.41) is 1.79. The van der Waals surface area contributed by atoms with E-state index in [-0.39, 0.29) is 29.7 Å². The zero-order valence-corrected chi connectivity index (χ0v) is 18.9. The number of carbonyl (C=O) groups excluding carboxylic acids is 1. The summed E-state index contributed by atoms with van der Waals surface area (Å²) in [5.41, 5.74) is 3.10. The van der Waals surface area contributed by atoms with E-state index in [1.54, 1.807) is 23.1 Å². The molecule has 30 heavy (non-hydrogen) atoms. The molecule has 0 N–H and O–H groups in total. The Morgan fingerprint density at radius 1 is 1.17 bits per heavy atom. The van der Waals surface area contributed by atoms with Gasteiger partial charge in [0.15, 0.2) is 15.6 Å². The highest BCUT2D eigenvalue weighted by Crippen LogP contribution is 2.31. The van der Waals surface area contributed by atoms with Gasteiger partial charge in [0.25, 0.3) is 5.91 Å². The highest BCUT2D eigenvalue weighted by Gasteiger charge is 2.37. The second kappa shape index (κ2) is 7.91. The summed E-state index contributed by atoms with van der Waals surface area (Å²) < 4.78 is 30.1. The lowest BCUT2D eigenvalue weighted by Gasteiger charge is -2.28. The van der Waals surface area contributed by atoms with Crippen molar-refractivity contribution in [1.29, 1.82) is 0 Å². The van der Waals surface area contributed by atoms with Crippen LogP contribution in [0.4, 0.5) is 0 Å². The number of hydrogen-bond acceptors (Lipinski definition) is 4. The Morgan fingerprint density at radius 2 is 1.93 bits per heavy atom. The Balaban J connectivity index is 1.75. The number of furan rings is 1. The first-order valence-electron chi connectivity index (χ1n) is 9.60. The van der Waals surface area contributed by atoms with Crippen molar-refractivity contribution >= 4 is 49.9 Å². The average Bonchev–Trinajstić information content (AvgIpc) is 3.19. The third-order valence-electron chi connectivity index (χ3n) is 5.55. The van der Waals surface area contributed by atoms with Gasteiger partial charge in [-0.3, -0.25) is 4.79 Å². The van der Waals surface area contributed by atoms with Gasteiger partial charge in [-0.15, -0.1) is 0 Å².